The van der Waals surface area contributed by atoms with E-state index < -0.39 is 0 Å². The first-order valence-corrected chi connectivity index (χ1v) is 11.1. The van der Waals surface area contributed by atoms with E-state index in [1.807, 2.05) is 24.0 Å². The van der Waals surface area contributed by atoms with Crippen LogP contribution >= 0.6 is 11.3 Å². The SMILES string of the molecule is Cc1ccc(C(C)NC(=O)c2ccc(CCC(=O)N3CCN(C)CC3)s2)c(C)c1. The van der Waals surface area contributed by atoms with E-state index in [1.165, 1.54) is 22.5 Å². The number of piperazine rings is 1. The molecule has 1 aliphatic heterocycles. The van der Waals surface area contributed by atoms with E-state index in [0.29, 0.717) is 17.7 Å². The van der Waals surface area contributed by atoms with Crippen LogP contribution in [0.1, 0.15) is 50.6 Å². The van der Waals surface area contributed by atoms with Gasteiger partial charge in [-0.05, 0) is 57.5 Å². The Morgan fingerprint density at radius 1 is 1.10 bits per heavy atom. The molecule has 156 valence electrons. The van der Waals surface area contributed by atoms with E-state index in [9.17, 15) is 9.59 Å². The lowest BCUT2D eigenvalue weighted by atomic mass is 10.0. The Morgan fingerprint density at radius 3 is 2.52 bits per heavy atom. The van der Waals surface area contributed by atoms with Gasteiger partial charge in [0.05, 0.1) is 10.9 Å². The second-order valence-electron chi connectivity index (χ2n) is 8.01. The van der Waals surface area contributed by atoms with Gasteiger partial charge in [-0.15, -0.1) is 11.3 Å². The molecule has 1 unspecified atom stereocenters. The number of nitrogens with zero attached hydrogens (tertiary/aromatic N) is 2. The predicted octanol–water partition coefficient (Wildman–Crippen LogP) is 3.56. The summed E-state index contributed by atoms with van der Waals surface area (Å²) in [7, 11) is 2.08. The molecule has 1 aromatic carbocycles. The molecule has 0 saturated carbocycles. The van der Waals surface area contributed by atoms with Gasteiger partial charge in [0, 0.05) is 37.5 Å². The molecule has 1 aliphatic rings. The van der Waals surface area contributed by atoms with Gasteiger partial charge in [-0.1, -0.05) is 23.8 Å². The monoisotopic (exact) mass is 413 g/mol. The molecule has 29 heavy (non-hydrogen) atoms. The third kappa shape index (κ3) is 5.67. The fourth-order valence-electron chi connectivity index (χ4n) is 3.74. The van der Waals surface area contributed by atoms with Gasteiger partial charge >= 0.3 is 0 Å². The molecule has 2 aromatic rings. The first-order chi connectivity index (χ1) is 13.8. The summed E-state index contributed by atoms with van der Waals surface area (Å²) < 4.78 is 0. The van der Waals surface area contributed by atoms with Crippen LogP contribution in [0.4, 0.5) is 0 Å². The zero-order valence-electron chi connectivity index (χ0n) is 17.8. The summed E-state index contributed by atoms with van der Waals surface area (Å²) in [5, 5.41) is 3.10. The number of rotatable bonds is 6. The summed E-state index contributed by atoms with van der Waals surface area (Å²) in [4.78, 5) is 31.0. The van der Waals surface area contributed by atoms with Gasteiger partial charge in [-0.2, -0.15) is 0 Å². The average molecular weight is 414 g/mol. The summed E-state index contributed by atoms with van der Waals surface area (Å²) in [6.45, 7) is 9.65. The summed E-state index contributed by atoms with van der Waals surface area (Å²) in [5.74, 6) is 0.153. The highest BCUT2D eigenvalue weighted by Gasteiger charge is 2.19. The molecule has 2 heterocycles. The first-order valence-electron chi connectivity index (χ1n) is 10.3. The number of nitrogens with one attached hydrogen (secondary N) is 1. The lowest BCUT2D eigenvalue weighted by Crippen LogP contribution is -2.47. The largest absolute Gasteiger partial charge is 0.345 e. The third-order valence-electron chi connectivity index (χ3n) is 5.57. The summed E-state index contributed by atoms with van der Waals surface area (Å²) in [6.07, 6.45) is 1.19. The van der Waals surface area contributed by atoms with Crippen molar-refractivity contribution >= 4 is 23.2 Å². The molecule has 1 atom stereocenters. The number of amides is 2. The van der Waals surface area contributed by atoms with Crippen LogP contribution in [0, 0.1) is 13.8 Å². The quantitative estimate of drug-likeness (QED) is 0.788. The summed E-state index contributed by atoms with van der Waals surface area (Å²) in [5.41, 5.74) is 3.55. The van der Waals surface area contributed by atoms with Crippen molar-refractivity contribution in [2.24, 2.45) is 0 Å². The molecule has 2 amide bonds. The van der Waals surface area contributed by atoms with Crippen LogP contribution in [0.5, 0.6) is 0 Å². The maximum Gasteiger partial charge on any atom is 0.261 e. The van der Waals surface area contributed by atoms with Crippen molar-refractivity contribution in [1.29, 1.82) is 0 Å². The van der Waals surface area contributed by atoms with E-state index in [4.69, 9.17) is 0 Å². The molecule has 5 nitrogen and oxygen atoms in total. The molecule has 0 aliphatic carbocycles. The molecule has 1 N–H and O–H groups in total. The van der Waals surface area contributed by atoms with Gasteiger partial charge in [-0.25, -0.2) is 0 Å². The minimum absolute atomic E-state index is 0.0486. The fourth-order valence-corrected chi connectivity index (χ4v) is 4.65. The van der Waals surface area contributed by atoms with Crippen molar-refractivity contribution in [2.75, 3.05) is 33.2 Å². The van der Waals surface area contributed by atoms with Gasteiger partial charge in [0.2, 0.25) is 5.91 Å². The van der Waals surface area contributed by atoms with Gasteiger partial charge in [0.15, 0.2) is 0 Å². The number of thiophene rings is 1. The molecular formula is C23H31N3O2S. The number of aryl methyl sites for hydroxylation is 3. The van der Waals surface area contributed by atoms with Crippen molar-refractivity contribution < 1.29 is 9.59 Å². The molecule has 1 saturated heterocycles. The van der Waals surface area contributed by atoms with Gasteiger partial charge in [-0.3, -0.25) is 9.59 Å². The maximum absolute atomic E-state index is 12.7. The molecule has 6 heteroatoms. The smallest absolute Gasteiger partial charge is 0.261 e. The lowest BCUT2D eigenvalue weighted by molar-refractivity contribution is -0.132. The minimum atomic E-state index is -0.0564. The van der Waals surface area contributed by atoms with Crippen LogP contribution in [-0.4, -0.2) is 54.8 Å². The number of carbonyl (C=O) groups excluding carboxylic acids is 2. The Morgan fingerprint density at radius 2 is 1.83 bits per heavy atom. The Bertz CT molecular complexity index is 869. The van der Waals surface area contributed by atoms with Gasteiger partial charge in [0.1, 0.15) is 0 Å². The highest BCUT2D eigenvalue weighted by Crippen LogP contribution is 2.22. The summed E-state index contributed by atoms with van der Waals surface area (Å²) in [6, 6.07) is 10.1. The van der Waals surface area contributed by atoms with Crippen molar-refractivity contribution in [2.45, 2.75) is 39.7 Å². The van der Waals surface area contributed by atoms with Crippen molar-refractivity contribution in [1.82, 2.24) is 15.1 Å². The first kappa shape index (κ1) is 21.5. The second-order valence-corrected chi connectivity index (χ2v) is 9.17. The van der Waals surface area contributed by atoms with Crippen LogP contribution in [0.25, 0.3) is 0 Å². The fraction of sp³-hybridized carbons (Fsp3) is 0.478. The van der Waals surface area contributed by atoms with Crippen LogP contribution < -0.4 is 5.32 Å². The third-order valence-corrected chi connectivity index (χ3v) is 6.71. The molecule has 0 spiro atoms. The van der Waals surface area contributed by atoms with E-state index in [-0.39, 0.29) is 17.9 Å². The van der Waals surface area contributed by atoms with Crippen LogP contribution in [0.3, 0.4) is 0 Å². The van der Waals surface area contributed by atoms with E-state index in [2.05, 4.69) is 49.3 Å². The molecule has 1 aromatic heterocycles. The van der Waals surface area contributed by atoms with Crippen LogP contribution in [0.2, 0.25) is 0 Å². The van der Waals surface area contributed by atoms with E-state index in [1.54, 1.807) is 0 Å². The van der Waals surface area contributed by atoms with Crippen LogP contribution in [0.15, 0.2) is 30.3 Å². The highest BCUT2D eigenvalue weighted by atomic mass is 32.1. The average Bonchev–Trinajstić information content (AvgIpc) is 3.15. The van der Waals surface area contributed by atoms with Crippen molar-refractivity contribution in [3.8, 4) is 0 Å². The topological polar surface area (TPSA) is 52.7 Å². The number of benzene rings is 1. The molecular weight excluding hydrogens is 382 g/mol. The van der Waals surface area contributed by atoms with Crippen LogP contribution in [-0.2, 0) is 11.2 Å². The Labute approximate surface area is 177 Å². The standard InChI is InChI=1S/C23H31N3O2S/c1-16-5-8-20(17(2)15-16)18(3)24-23(28)21-9-6-19(29-21)7-10-22(27)26-13-11-25(4)12-14-26/h5-6,8-9,15,18H,7,10-14H2,1-4H3,(H,24,28). The Balaban J connectivity index is 1.52. The van der Waals surface area contributed by atoms with Crippen molar-refractivity contribution in [3.05, 3.63) is 56.8 Å². The maximum atomic E-state index is 12.7. The second kappa shape index (κ2) is 9.55. The van der Waals surface area contributed by atoms with Gasteiger partial charge < -0.3 is 15.1 Å². The lowest BCUT2D eigenvalue weighted by Gasteiger charge is -2.32. The Hall–Kier alpha value is -2.18. The highest BCUT2D eigenvalue weighted by molar-refractivity contribution is 7.14. The van der Waals surface area contributed by atoms with E-state index >= 15 is 0 Å². The molecule has 3 rings (SSSR count). The molecule has 1 fully saturated rings. The number of carbonyl (C=O) groups is 2. The Kier molecular flexibility index (Phi) is 7.09. The molecule has 0 radical (unpaired) electrons. The normalized spacial score (nSPS) is 15.9. The zero-order chi connectivity index (χ0) is 21.0. The molecule has 0 bridgehead atoms. The summed E-state index contributed by atoms with van der Waals surface area (Å²) >= 11 is 1.48. The van der Waals surface area contributed by atoms with Crippen molar-refractivity contribution in [3.63, 3.8) is 0 Å². The number of hydrogen-bond donors (Lipinski definition) is 1. The minimum Gasteiger partial charge on any atom is -0.345 e. The van der Waals surface area contributed by atoms with E-state index in [0.717, 1.165) is 36.6 Å². The van der Waals surface area contributed by atoms with Gasteiger partial charge in [0.25, 0.3) is 5.91 Å². The number of likely N-dealkylation sites (N-methyl/N-ethyl adjacent to an activating group) is 1. The predicted molar refractivity (Wildman–Crippen MR) is 119 cm³/mol. The number of hydrogen-bond acceptors (Lipinski definition) is 4. The zero-order valence-corrected chi connectivity index (χ0v) is 18.6.